The molecule has 3 rings (SSSR count). The summed E-state index contributed by atoms with van der Waals surface area (Å²) in [5.41, 5.74) is 1.39. The van der Waals surface area contributed by atoms with Gasteiger partial charge < -0.3 is 14.2 Å². The van der Waals surface area contributed by atoms with Crippen molar-refractivity contribution in [2.45, 2.75) is 46.1 Å². The van der Waals surface area contributed by atoms with Crippen molar-refractivity contribution in [3.05, 3.63) is 65.0 Å². The lowest BCUT2D eigenvalue weighted by Crippen LogP contribution is -2.18. The van der Waals surface area contributed by atoms with Crippen molar-refractivity contribution in [3.63, 3.8) is 0 Å². The number of fused-ring (bicyclic) bond motifs is 2. The highest BCUT2D eigenvalue weighted by molar-refractivity contribution is 5.54. The van der Waals surface area contributed by atoms with Crippen molar-refractivity contribution < 1.29 is 27.4 Å². The fraction of sp³-hybridized carbons (Fsp3) is 0.417. The summed E-state index contributed by atoms with van der Waals surface area (Å²) in [5, 5.41) is 0. The van der Waals surface area contributed by atoms with Gasteiger partial charge in [0.25, 0.3) is 0 Å². The van der Waals surface area contributed by atoms with Crippen LogP contribution in [0.15, 0.2) is 30.9 Å². The summed E-state index contributed by atoms with van der Waals surface area (Å²) in [6.45, 7) is 10.0. The van der Waals surface area contributed by atoms with Crippen LogP contribution in [-0.4, -0.2) is 19.3 Å². The van der Waals surface area contributed by atoms with Crippen LogP contribution < -0.4 is 9.47 Å². The van der Waals surface area contributed by atoms with Gasteiger partial charge in [-0.05, 0) is 31.0 Å². The Labute approximate surface area is 175 Å². The number of halogens is 3. The maximum absolute atomic E-state index is 15.0. The first-order valence-corrected chi connectivity index (χ1v) is 10.2. The summed E-state index contributed by atoms with van der Waals surface area (Å²) in [4.78, 5) is 0. The lowest BCUT2D eigenvalue weighted by atomic mass is 9.96. The quantitative estimate of drug-likeness (QED) is 0.377. The van der Waals surface area contributed by atoms with Crippen molar-refractivity contribution >= 4 is 0 Å². The van der Waals surface area contributed by atoms with E-state index in [1.165, 1.54) is 6.07 Å². The van der Waals surface area contributed by atoms with E-state index >= 15 is 0 Å². The van der Waals surface area contributed by atoms with Crippen LogP contribution in [0.4, 0.5) is 13.2 Å². The summed E-state index contributed by atoms with van der Waals surface area (Å²) in [5.74, 6) is -3.08. The average Bonchev–Trinajstić information content (AvgIpc) is 2.74. The number of benzene rings is 2. The third-order valence-corrected chi connectivity index (χ3v) is 5.06. The van der Waals surface area contributed by atoms with Gasteiger partial charge in [0.05, 0.1) is 19.3 Å². The number of ether oxygens (including phenoxy) is 3. The molecule has 0 fully saturated rings. The van der Waals surface area contributed by atoms with Crippen molar-refractivity contribution in [2.75, 3.05) is 13.2 Å². The summed E-state index contributed by atoms with van der Waals surface area (Å²) < 4.78 is 60.5. The van der Waals surface area contributed by atoms with E-state index in [0.29, 0.717) is 36.1 Å². The molecule has 2 atom stereocenters. The van der Waals surface area contributed by atoms with Gasteiger partial charge in [-0.3, -0.25) is 0 Å². The number of hydrogen-bond acceptors (Lipinski definition) is 3. The molecule has 0 aliphatic carbocycles. The minimum Gasteiger partial charge on any atom is -0.490 e. The molecule has 162 valence electrons. The van der Waals surface area contributed by atoms with Crippen molar-refractivity contribution in [1.82, 2.24) is 0 Å². The van der Waals surface area contributed by atoms with Crippen molar-refractivity contribution in [1.29, 1.82) is 0 Å². The molecular formula is C24H27F3O3. The van der Waals surface area contributed by atoms with E-state index in [1.54, 1.807) is 18.2 Å². The third-order valence-electron chi connectivity index (χ3n) is 5.06. The Bertz CT molecular complexity index is 927. The second kappa shape index (κ2) is 9.56. The SMILES string of the molecule is C=CC(C)OCC(C)COc1ccc2c(c1F)Oc1c(cc(CCC)c(F)c1F)C2. The van der Waals surface area contributed by atoms with Gasteiger partial charge in [0.1, 0.15) is 0 Å². The maximum Gasteiger partial charge on any atom is 0.207 e. The molecule has 0 saturated carbocycles. The van der Waals surface area contributed by atoms with E-state index in [0.717, 1.165) is 0 Å². The van der Waals surface area contributed by atoms with Crippen LogP contribution in [0.3, 0.4) is 0 Å². The molecule has 3 nitrogen and oxygen atoms in total. The van der Waals surface area contributed by atoms with Crippen LogP contribution in [0, 0.1) is 23.4 Å². The number of aryl methyl sites for hydroxylation is 1. The van der Waals surface area contributed by atoms with Crippen LogP contribution >= 0.6 is 0 Å². The fourth-order valence-electron chi connectivity index (χ4n) is 3.32. The predicted molar refractivity (Wildman–Crippen MR) is 110 cm³/mol. The Morgan fingerprint density at radius 2 is 1.80 bits per heavy atom. The Balaban J connectivity index is 1.76. The standard InChI is InChI=1S/C24H27F3O3/c1-5-7-16-10-18-11-17-8-9-19(29-13-14(3)12-28-15(4)6-2)21(26)23(17)30-24(18)22(27)20(16)25/h6,8-10,14-15H,2,5,7,11-13H2,1,3-4H3. The molecule has 1 aliphatic heterocycles. The smallest absolute Gasteiger partial charge is 0.207 e. The molecule has 2 unspecified atom stereocenters. The minimum absolute atomic E-state index is 0.00398. The molecule has 0 saturated heterocycles. The molecule has 2 aromatic carbocycles. The van der Waals surface area contributed by atoms with Crippen LogP contribution in [0.5, 0.6) is 17.2 Å². The van der Waals surface area contributed by atoms with Gasteiger partial charge >= 0.3 is 0 Å². The lowest BCUT2D eigenvalue weighted by molar-refractivity contribution is 0.0566. The minimum atomic E-state index is -1.07. The first-order valence-electron chi connectivity index (χ1n) is 10.2. The zero-order valence-corrected chi connectivity index (χ0v) is 17.6. The molecule has 1 aliphatic rings. The van der Waals surface area contributed by atoms with E-state index in [4.69, 9.17) is 14.2 Å². The highest BCUT2D eigenvalue weighted by Crippen LogP contribution is 2.43. The Morgan fingerprint density at radius 3 is 2.50 bits per heavy atom. The molecule has 0 aromatic heterocycles. The lowest BCUT2D eigenvalue weighted by Gasteiger charge is -2.23. The number of rotatable bonds is 9. The summed E-state index contributed by atoms with van der Waals surface area (Å²) in [6, 6.07) is 4.84. The molecule has 0 N–H and O–H groups in total. The van der Waals surface area contributed by atoms with E-state index < -0.39 is 17.5 Å². The van der Waals surface area contributed by atoms with Gasteiger partial charge in [0, 0.05) is 23.5 Å². The molecule has 0 spiro atoms. The topological polar surface area (TPSA) is 27.7 Å². The highest BCUT2D eigenvalue weighted by atomic mass is 19.2. The van der Waals surface area contributed by atoms with Gasteiger partial charge in [-0.15, -0.1) is 6.58 Å². The van der Waals surface area contributed by atoms with E-state index in [1.807, 2.05) is 20.8 Å². The van der Waals surface area contributed by atoms with Gasteiger partial charge in [0.15, 0.2) is 23.1 Å². The van der Waals surface area contributed by atoms with Crippen LogP contribution in [0.25, 0.3) is 0 Å². The van der Waals surface area contributed by atoms with Crippen molar-refractivity contribution in [2.24, 2.45) is 5.92 Å². The maximum atomic E-state index is 15.0. The van der Waals surface area contributed by atoms with Crippen LogP contribution in [0.2, 0.25) is 0 Å². The summed E-state index contributed by atoms with van der Waals surface area (Å²) in [7, 11) is 0. The van der Waals surface area contributed by atoms with Crippen molar-refractivity contribution in [3.8, 4) is 17.2 Å². The Kier molecular flexibility index (Phi) is 7.08. The first kappa shape index (κ1) is 22.2. The monoisotopic (exact) mass is 420 g/mol. The summed E-state index contributed by atoms with van der Waals surface area (Å²) >= 11 is 0. The molecule has 0 bridgehead atoms. The Hall–Kier alpha value is -2.47. The number of hydrogen-bond donors (Lipinski definition) is 0. The van der Waals surface area contributed by atoms with E-state index in [-0.39, 0.29) is 42.3 Å². The fourth-order valence-corrected chi connectivity index (χ4v) is 3.32. The van der Waals surface area contributed by atoms with Gasteiger partial charge in [-0.1, -0.05) is 32.4 Å². The summed E-state index contributed by atoms with van der Waals surface area (Å²) in [6.07, 6.45) is 3.00. The average molecular weight is 420 g/mol. The highest BCUT2D eigenvalue weighted by Gasteiger charge is 2.28. The zero-order valence-electron chi connectivity index (χ0n) is 17.6. The molecule has 1 heterocycles. The predicted octanol–water partition coefficient (Wildman–Crippen LogP) is 6.36. The molecule has 0 radical (unpaired) electrons. The van der Waals surface area contributed by atoms with E-state index in [2.05, 4.69) is 6.58 Å². The van der Waals surface area contributed by atoms with Crippen LogP contribution in [-0.2, 0) is 17.6 Å². The Morgan fingerprint density at radius 1 is 1.07 bits per heavy atom. The van der Waals surface area contributed by atoms with Crippen LogP contribution in [0.1, 0.15) is 43.9 Å². The van der Waals surface area contributed by atoms with E-state index in [9.17, 15) is 13.2 Å². The molecular weight excluding hydrogens is 393 g/mol. The molecule has 6 heteroatoms. The normalized spacial score (nSPS) is 14.3. The zero-order chi connectivity index (χ0) is 21.8. The molecule has 0 amide bonds. The second-order valence-corrected chi connectivity index (χ2v) is 7.74. The second-order valence-electron chi connectivity index (χ2n) is 7.74. The first-order chi connectivity index (χ1) is 14.3. The molecule has 30 heavy (non-hydrogen) atoms. The van der Waals surface area contributed by atoms with Gasteiger partial charge in [-0.2, -0.15) is 8.78 Å². The molecule has 2 aromatic rings. The third kappa shape index (κ3) is 4.64. The largest absolute Gasteiger partial charge is 0.490 e. The van der Waals surface area contributed by atoms with Gasteiger partial charge in [0.2, 0.25) is 11.6 Å². The van der Waals surface area contributed by atoms with Gasteiger partial charge in [-0.25, -0.2) is 4.39 Å².